The Bertz CT molecular complexity index is 2430. The quantitative estimate of drug-likeness (QED) is 0.170. The highest BCUT2D eigenvalue weighted by Crippen LogP contribution is 2.29. The van der Waals surface area contributed by atoms with Crippen molar-refractivity contribution in [2.75, 3.05) is 0 Å². The molecule has 8 rings (SSSR count). The molecule has 4 heterocycles. The van der Waals surface area contributed by atoms with Crippen LogP contribution < -0.4 is 0 Å². The Morgan fingerprint density at radius 3 is 1.40 bits per heavy atom. The molecule has 2 N–H and O–H groups in total. The number of aliphatic hydroxyl groups is 2. The molecule has 0 saturated carbocycles. The fraction of sp³-hybridized carbons (Fsp3) is 0.0455. The summed E-state index contributed by atoms with van der Waals surface area (Å²) >= 11 is 5.96. The van der Waals surface area contributed by atoms with E-state index in [2.05, 4.69) is 28.1 Å². The van der Waals surface area contributed by atoms with Crippen molar-refractivity contribution in [3.05, 3.63) is 168 Å². The smallest absolute Gasteiger partial charge is 0.140 e. The molecule has 4 aromatic heterocycles. The molecule has 252 valence electrons. The number of aromatic nitrogens is 4. The third-order valence-corrected chi connectivity index (χ3v) is 8.85. The number of halogens is 2. The summed E-state index contributed by atoms with van der Waals surface area (Å²) in [5.41, 5.74) is 10.8. The van der Waals surface area contributed by atoms with Crippen LogP contribution in [0.25, 0.3) is 55.8 Å². The summed E-state index contributed by atoms with van der Waals surface area (Å²) in [6, 6.07) is 41.1. The van der Waals surface area contributed by atoms with Gasteiger partial charge in [0.05, 0.1) is 22.4 Å². The van der Waals surface area contributed by atoms with Crippen LogP contribution in [0.5, 0.6) is 0 Å². The monoisotopic (exact) mass is 700 g/mol. The first-order valence-corrected chi connectivity index (χ1v) is 16.7. The van der Waals surface area contributed by atoms with Gasteiger partial charge in [0.25, 0.3) is 0 Å². The maximum atomic E-state index is 13.1. The molecule has 0 aliphatic rings. The van der Waals surface area contributed by atoms with E-state index in [9.17, 15) is 14.6 Å². The van der Waals surface area contributed by atoms with Gasteiger partial charge in [-0.2, -0.15) is 10.2 Å². The first-order chi connectivity index (χ1) is 25.3. The third kappa shape index (κ3) is 7.34. The molecule has 0 bridgehead atoms. The lowest BCUT2D eigenvalue weighted by atomic mass is 10.0. The van der Waals surface area contributed by atoms with E-state index in [4.69, 9.17) is 24.4 Å². The molecule has 2 unspecified atom stereocenters. The van der Waals surface area contributed by atoms with E-state index in [1.807, 2.05) is 114 Å². The largest absolute Gasteiger partial charge is 0.376 e. The summed E-state index contributed by atoms with van der Waals surface area (Å²) in [5, 5.41) is 29.6. The Balaban J connectivity index is 0.000000162. The average Bonchev–Trinajstić information content (AvgIpc) is 3.82. The summed E-state index contributed by atoms with van der Waals surface area (Å²) in [6.07, 6.45) is 12.6. The highest BCUT2D eigenvalue weighted by atomic mass is 35.5. The number of rotatable bonds is 6. The van der Waals surface area contributed by atoms with Crippen molar-refractivity contribution in [1.82, 2.24) is 19.2 Å². The molecule has 0 amide bonds. The van der Waals surface area contributed by atoms with Crippen LogP contribution in [0.4, 0.5) is 4.39 Å². The number of pyridine rings is 2. The summed E-state index contributed by atoms with van der Waals surface area (Å²) in [6.45, 7) is 0. The van der Waals surface area contributed by atoms with E-state index in [0.717, 1.165) is 55.8 Å². The minimum atomic E-state index is -0.918. The molecular formula is C44H30ClFN4O2. The number of hydrogen-bond donors (Lipinski definition) is 2. The summed E-state index contributed by atoms with van der Waals surface area (Å²) in [4.78, 5) is 0. The highest BCUT2D eigenvalue weighted by molar-refractivity contribution is 6.30. The van der Waals surface area contributed by atoms with Gasteiger partial charge in [0.2, 0.25) is 0 Å². The van der Waals surface area contributed by atoms with Gasteiger partial charge >= 0.3 is 0 Å². The van der Waals surface area contributed by atoms with Crippen molar-refractivity contribution in [3.63, 3.8) is 0 Å². The van der Waals surface area contributed by atoms with Crippen molar-refractivity contribution in [1.29, 1.82) is 0 Å². The molecule has 8 aromatic rings. The van der Waals surface area contributed by atoms with Crippen molar-refractivity contribution >= 4 is 22.6 Å². The minimum absolute atomic E-state index is 0.270. The van der Waals surface area contributed by atoms with Gasteiger partial charge in [-0.15, -0.1) is 12.8 Å². The van der Waals surface area contributed by atoms with E-state index in [1.54, 1.807) is 22.7 Å². The maximum absolute atomic E-state index is 13.1. The molecule has 0 radical (unpaired) electrons. The van der Waals surface area contributed by atoms with Crippen molar-refractivity contribution in [3.8, 4) is 69.5 Å². The first-order valence-electron chi connectivity index (χ1n) is 16.3. The maximum Gasteiger partial charge on any atom is 0.140 e. The Labute approximate surface area is 305 Å². The molecule has 8 heteroatoms. The zero-order chi connectivity index (χ0) is 36.2. The lowest BCUT2D eigenvalue weighted by molar-refractivity contribution is 0.238. The Morgan fingerprint density at radius 1 is 0.538 bits per heavy atom. The van der Waals surface area contributed by atoms with E-state index in [-0.39, 0.29) is 5.82 Å². The summed E-state index contributed by atoms with van der Waals surface area (Å²) in [7, 11) is 0. The molecule has 52 heavy (non-hydrogen) atoms. The molecule has 4 aromatic carbocycles. The minimum Gasteiger partial charge on any atom is -0.376 e. The van der Waals surface area contributed by atoms with Gasteiger partial charge in [-0.1, -0.05) is 72.0 Å². The number of nitrogens with zero attached hydrogens (tertiary/aromatic N) is 4. The van der Waals surface area contributed by atoms with E-state index >= 15 is 0 Å². The predicted octanol–water partition coefficient (Wildman–Crippen LogP) is 9.46. The molecular weight excluding hydrogens is 671 g/mol. The second-order valence-electron chi connectivity index (χ2n) is 12.0. The van der Waals surface area contributed by atoms with Crippen LogP contribution in [0.15, 0.2) is 146 Å². The zero-order valence-corrected chi connectivity index (χ0v) is 28.4. The van der Waals surface area contributed by atoms with Gasteiger partial charge in [0.15, 0.2) is 0 Å². The lowest BCUT2D eigenvalue weighted by Crippen LogP contribution is -1.93. The number of fused-ring (bicyclic) bond motifs is 2. The van der Waals surface area contributed by atoms with Gasteiger partial charge in [0.1, 0.15) is 18.0 Å². The van der Waals surface area contributed by atoms with Crippen LogP contribution >= 0.6 is 11.6 Å². The molecule has 0 spiro atoms. The number of benzene rings is 4. The van der Waals surface area contributed by atoms with Gasteiger partial charge in [-0.05, 0) is 118 Å². The molecule has 2 atom stereocenters. The second-order valence-corrected chi connectivity index (χ2v) is 12.5. The van der Waals surface area contributed by atoms with Crippen LogP contribution in [-0.2, 0) is 0 Å². The van der Waals surface area contributed by atoms with Gasteiger partial charge in [-0.3, -0.25) is 0 Å². The summed E-state index contributed by atoms with van der Waals surface area (Å²) < 4.78 is 16.7. The van der Waals surface area contributed by atoms with Crippen LogP contribution in [0.3, 0.4) is 0 Å². The predicted molar refractivity (Wildman–Crippen MR) is 205 cm³/mol. The topological polar surface area (TPSA) is 75.1 Å². The Morgan fingerprint density at radius 2 is 0.962 bits per heavy atom. The van der Waals surface area contributed by atoms with E-state index < -0.39 is 12.2 Å². The normalized spacial score (nSPS) is 12.0. The van der Waals surface area contributed by atoms with Crippen molar-refractivity contribution in [2.45, 2.75) is 12.2 Å². The summed E-state index contributed by atoms with van der Waals surface area (Å²) in [5.74, 6) is 4.41. The average molecular weight is 701 g/mol. The molecule has 0 aliphatic heterocycles. The van der Waals surface area contributed by atoms with Gasteiger partial charge in [-0.25, -0.2) is 13.4 Å². The molecule has 6 nitrogen and oxygen atoms in total. The lowest BCUT2D eigenvalue weighted by Gasteiger charge is -2.07. The fourth-order valence-corrected chi connectivity index (χ4v) is 5.97. The second kappa shape index (κ2) is 14.8. The molecule has 0 saturated heterocycles. The standard InChI is InChI=1S/C22H15ClN2O.C22H15FN2O/c2*1-2-22(26)18-5-3-4-16(12-18)17-10-11-25-20(13-17)14-21(24-25)15-6-8-19(23)9-7-15/h2*1,3-14,22,26H. The Kier molecular flexibility index (Phi) is 9.66. The molecule has 0 aliphatic carbocycles. The van der Waals surface area contributed by atoms with Crippen LogP contribution in [0.2, 0.25) is 5.02 Å². The van der Waals surface area contributed by atoms with Crippen molar-refractivity contribution in [2.24, 2.45) is 0 Å². The SMILES string of the molecule is C#CC(O)c1cccc(-c2ccn3nc(-c4ccc(Cl)cc4)cc3c2)c1.C#CC(O)c1cccc(-c2ccn3nc(-c4ccc(F)cc4)cc3c2)c1. The first kappa shape index (κ1) is 34.0. The third-order valence-electron chi connectivity index (χ3n) is 8.59. The highest BCUT2D eigenvalue weighted by Gasteiger charge is 2.11. The van der Waals surface area contributed by atoms with Crippen molar-refractivity contribution < 1.29 is 14.6 Å². The van der Waals surface area contributed by atoms with Crippen LogP contribution in [0, 0.1) is 30.5 Å². The number of aliphatic hydroxyl groups excluding tert-OH is 2. The fourth-order valence-electron chi connectivity index (χ4n) is 5.84. The number of hydrogen-bond acceptors (Lipinski definition) is 4. The van der Waals surface area contributed by atoms with E-state index in [0.29, 0.717) is 16.1 Å². The van der Waals surface area contributed by atoms with Crippen LogP contribution in [-0.4, -0.2) is 29.4 Å². The number of terminal acetylenes is 2. The Hall–Kier alpha value is -6.48. The van der Waals surface area contributed by atoms with E-state index in [1.165, 1.54) is 12.1 Å². The zero-order valence-electron chi connectivity index (χ0n) is 27.6. The van der Waals surface area contributed by atoms with Gasteiger partial charge < -0.3 is 10.2 Å². The van der Waals surface area contributed by atoms with Crippen LogP contribution in [0.1, 0.15) is 23.3 Å². The van der Waals surface area contributed by atoms with Gasteiger partial charge in [0, 0.05) is 28.5 Å². The molecule has 0 fully saturated rings.